The van der Waals surface area contributed by atoms with Gasteiger partial charge in [0.05, 0.1) is 25.1 Å². The van der Waals surface area contributed by atoms with E-state index in [1.165, 1.54) is 0 Å². The van der Waals surface area contributed by atoms with Crippen molar-refractivity contribution in [3.05, 3.63) is 35.4 Å². The summed E-state index contributed by atoms with van der Waals surface area (Å²) in [7, 11) is 0.137. The maximum atomic E-state index is 12.5. The Morgan fingerprint density at radius 2 is 1.80 bits per heavy atom. The predicted molar refractivity (Wildman–Crippen MR) is 131 cm³/mol. The number of rotatable bonds is 9. The quantitative estimate of drug-likeness (QED) is 0.285. The van der Waals surface area contributed by atoms with Gasteiger partial charge in [-0.25, -0.2) is 8.42 Å². The van der Waals surface area contributed by atoms with Gasteiger partial charge in [0.25, 0.3) is 0 Å². The molecule has 8 nitrogen and oxygen atoms in total. The Kier molecular flexibility index (Phi) is 12.2. The lowest BCUT2D eigenvalue weighted by molar-refractivity contribution is 0.0904. The van der Waals surface area contributed by atoms with Crippen LogP contribution in [0, 0.1) is 0 Å². The summed E-state index contributed by atoms with van der Waals surface area (Å²) in [6, 6.07) is 8.12. The number of sulfonamides is 1. The molecule has 1 aromatic carbocycles. The van der Waals surface area contributed by atoms with E-state index in [2.05, 4.69) is 27.3 Å². The second-order valence-corrected chi connectivity index (χ2v) is 9.31. The van der Waals surface area contributed by atoms with Gasteiger partial charge in [-0.3, -0.25) is 4.99 Å². The van der Waals surface area contributed by atoms with Crippen LogP contribution < -0.4 is 5.32 Å². The fourth-order valence-electron chi connectivity index (χ4n) is 3.23. The summed E-state index contributed by atoms with van der Waals surface area (Å²) in [5.41, 5.74) is 2.29. The van der Waals surface area contributed by atoms with Crippen molar-refractivity contribution in [3.63, 3.8) is 0 Å². The van der Waals surface area contributed by atoms with E-state index in [-0.39, 0.29) is 42.4 Å². The van der Waals surface area contributed by atoms with Crippen LogP contribution in [0.1, 0.15) is 25.0 Å². The van der Waals surface area contributed by atoms with E-state index in [0.717, 1.165) is 17.1 Å². The Hall–Kier alpha value is -0.950. The van der Waals surface area contributed by atoms with Gasteiger partial charge in [-0.1, -0.05) is 24.3 Å². The van der Waals surface area contributed by atoms with Crippen LogP contribution in [-0.4, -0.2) is 82.4 Å². The molecular formula is C20H35IN4O4S. The van der Waals surface area contributed by atoms with Crippen molar-refractivity contribution in [2.45, 2.75) is 33.1 Å². The lowest BCUT2D eigenvalue weighted by Crippen LogP contribution is -2.54. The van der Waals surface area contributed by atoms with Crippen molar-refractivity contribution < 1.29 is 17.9 Å². The third-order valence-corrected chi connectivity index (χ3v) is 6.63. The topological polar surface area (TPSA) is 83.5 Å². The van der Waals surface area contributed by atoms with E-state index in [0.29, 0.717) is 39.3 Å². The van der Waals surface area contributed by atoms with Crippen LogP contribution in [-0.2, 0) is 32.6 Å². The Morgan fingerprint density at radius 1 is 1.17 bits per heavy atom. The first-order valence-corrected chi connectivity index (χ1v) is 11.6. The van der Waals surface area contributed by atoms with Crippen LogP contribution in [0.2, 0.25) is 0 Å². The number of hydrogen-bond donors (Lipinski definition) is 1. The minimum atomic E-state index is -3.29. The highest BCUT2D eigenvalue weighted by Crippen LogP contribution is 2.12. The molecule has 1 saturated heterocycles. The summed E-state index contributed by atoms with van der Waals surface area (Å²) in [6.45, 7) is 7.33. The summed E-state index contributed by atoms with van der Waals surface area (Å²) in [4.78, 5) is 6.46. The van der Waals surface area contributed by atoms with Crippen molar-refractivity contribution in [3.8, 4) is 0 Å². The normalized spacial score (nSPS) is 15.9. The SMILES string of the molecule is CN=C(NCc1ccccc1COC)N1CCN(S(=O)(=O)CCOC(C)C)CC1.I. The summed E-state index contributed by atoms with van der Waals surface area (Å²) in [5, 5.41) is 3.39. The van der Waals surface area contributed by atoms with Gasteiger partial charge in [0, 0.05) is 46.9 Å². The molecule has 0 atom stereocenters. The molecule has 1 aliphatic rings. The molecule has 1 heterocycles. The lowest BCUT2D eigenvalue weighted by Gasteiger charge is -2.36. The zero-order chi connectivity index (χ0) is 21.3. The highest BCUT2D eigenvalue weighted by Gasteiger charge is 2.28. The zero-order valence-electron chi connectivity index (χ0n) is 18.3. The highest BCUT2D eigenvalue weighted by atomic mass is 127. The van der Waals surface area contributed by atoms with E-state index in [4.69, 9.17) is 9.47 Å². The minimum absolute atomic E-state index is 0. The van der Waals surface area contributed by atoms with E-state index < -0.39 is 10.0 Å². The minimum Gasteiger partial charge on any atom is -0.380 e. The molecule has 0 bridgehead atoms. The smallest absolute Gasteiger partial charge is 0.216 e. The fraction of sp³-hybridized carbons (Fsp3) is 0.650. The van der Waals surface area contributed by atoms with Gasteiger partial charge in [0.1, 0.15) is 0 Å². The number of halogens is 1. The molecule has 1 fully saturated rings. The van der Waals surface area contributed by atoms with Crippen LogP contribution >= 0.6 is 24.0 Å². The first kappa shape index (κ1) is 27.1. The molecule has 2 rings (SSSR count). The van der Waals surface area contributed by atoms with E-state index in [1.807, 2.05) is 26.0 Å². The first-order chi connectivity index (χ1) is 13.9. The van der Waals surface area contributed by atoms with Crippen molar-refractivity contribution in [2.75, 3.05) is 52.7 Å². The average Bonchev–Trinajstić information content (AvgIpc) is 2.70. The highest BCUT2D eigenvalue weighted by molar-refractivity contribution is 14.0. The molecule has 1 aliphatic heterocycles. The summed E-state index contributed by atoms with van der Waals surface area (Å²) in [5.74, 6) is 0.798. The zero-order valence-corrected chi connectivity index (χ0v) is 21.5. The maximum Gasteiger partial charge on any atom is 0.216 e. The van der Waals surface area contributed by atoms with Crippen molar-refractivity contribution in [2.24, 2.45) is 4.99 Å². The molecule has 0 unspecified atom stereocenters. The second-order valence-electron chi connectivity index (χ2n) is 7.22. The van der Waals surface area contributed by atoms with Crippen molar-refractivity contribution in [1.29, 1.82) is 0 Å². The number of nitrogens with one attached hydrogen (secondary N) is 1. The van der Waals surface area contributed by atoms with Crippen LogP contribution in [0.25, 0.3) is 0 Å². The molecular weight excluding hydrogens is 519 g/mol. The van der Waals surface area contributed by atoms with Crippen LogP contribution in [0.5, 0.6) is 0 Å². The van der Waals surface area contributed by atoms with Crippen LogP contribution in [0.4, 0.5) is 0 Å². The van der Waals surface area contributed by atoms with Gasteiger partial charge in [-0.15, -0.1) is 24.0 Å². The molecule has 172 valence electrons. The van der Waals surface area contributed by atoms with Gasteiger partial charge in [0.2, 0.25) is 10.0 Å². The maximum absolute atomic E-state index is 12.5. The largest absolute Gasteiger partial charge is 0.380 e. The monoisotopic (exact) mass is 554 g/mol. The summed E-state index contributed by atoms with van der Waals surface area (Å²) < 4.78 is 37.2. The molecule has 0 saturated carbocycles. The third-order valence-electron chi connectivity index (χ3n) is 4.79. The van der Waals surface area contributed by atoms with Gasteiger partial charge >= 0.3 is 0 Å². The molecule has 0 aliphatic carbocycles. The Bertz CT molecular complexity index is 766. The van der Waals surface area contributed by atoms with Gasteiger partial charge in [0.15, 0.2) is 5.96 Å². The summed E-state index contributed by atoms with van der Waals surface area (Å²) in [6.07, 6.45) is 0.0328. The number of guanidine groups is 1. The molecule has 10 heteroatoms. The van der Waals surface area contributed by atoms with Crippen LogP contribution in [0.3, 0.4) is 0 Å². The second kappa shape index (κ2) is 13.5. The van der Waals surface area contributed by atoms with E-state index >= 15 is 0 Å². The predicted octanol–water partition coefficient (Wildman–Crippen LogP) is 1.90. The first-order valence-electron chi connectivity index (χ1n) is 9.98. The number of benzene rings is 1. The lowest BCUT2D eigenvalue weighted by atomic mass is 10.1. The van der Waals surface area contributed by atoms with Gasteiger partial charge in [-0.2, -0.15) is 4.31 Å². The Balaban J connectivity index is 0.00000450. The average molecular weight is 554 g/mol. The number of nitrogens with zero attached hydrogens (tertiary/aromatic N) is 3. The van der Waals surface area contributed by atoms with Gasteiger partial charge < -0.3 is 19.7 Å². The molecule has 0 radical (unpaired) electrons. The number of aliphatic imine (C=N–C) groups is 1. The molecule has 0 amide bonds. The standard InChI is InChI=1S/C20H34N4O4S.HI/c1-17(2)28-13-14-29(25,26)24-11-9-23(10-12-24)20(21-3)22-15-18-7-5-6-8-19(18)16-27-4;/h5-8,17H,9-16H2,1-4H3,(H,21,22);1H. The van der Waals surface area contributed by atoms with Crippen molar-refractivity contribution >= 4 is 40.0 Å². The Morgan fingerprint density at radius 3 is 2.37 bits per heavy atom. The van der Waals surface area contributed by atoms with Gasteiger partial charge in [-0.05, 0) is 25.0 Å². The molecule has 30 heavy (non-hydrogen) atoms. The van der Waals surface area contributed by atoms with Crippen molar-refractivity contribution in [1.82, 2.24) is 14.5 Å². The van der Waals surface area contributed by atoms with E-state index in [9.17, 15) is 8.42 Å². The fourth-order valence-corrected chi connectivity index (χ4v) is 4.51. The third kappa shape index (κ3) is 8.29. The van der Waals surface area contributed by atoms with E-state index in [1.54, 1.807) is 18.5 Å². The number of hydrogen-bond acceptors (Lipinski definition) is 5. The number of piperazine rings is 1. The molecule has 1 N–H and O–H groups in total. The Labute approximate surface area is 198 Å². The molecule has 0 spiro atoms. The number of methoxy groups -OCH3 is 1. The summed E-state index contributed by atoms with van der Waals surface area (Å²) >= 11 is 0. The molecule has 1 aromatic rings. The number of ether oxygens (including phenoxy) is 2. The molecule has 0 aromatic heterocycles. The van der Waals surface area contributed by atoms with Crippen LogP contribution in [0.15, 0.2) is 29.3 Å².